The van der Waals surface area contributed by atoms with E-state index >= 15 is 0 Å². The van der Waals surface area contributed by atoms with Crippen LogP contribution in [0, 0.1) is 11.8 Å². The van der Waals surface area contributed by atoms with Crippen molar-refractivity contribution in [3.05, 3.63) is 191 Å². The second kappa shape index (κ2) is 18.6. The van der Waals surface area contributed by atoms with Gasteiger partial charge in [0.25, 0.3) is 0 Å². The first-order valence-corrected chi connectivity index (χ1v) is 22.0. The quantitative estimate of drug-likeness (QED) is 0.155. The van der Waals surface area contributed by atoms with Gasteiger partial charge in [-0.2, -0.15) is 0 Å². The van der Waals surface area contributed by atoms with Crippen LogP contribution in [0.4, 0.5) is 9.59 Å². The average molecular weight is 855 g/mol. The van der Waals surface area contributed by atoms with E-state index < -0.39 is 36.0 Å². The van der Waals surface area contributed by atoms with Crippen molar-refractivity contribution >= 4 is 24.1 Å². The minimum absolute atomic E-state index is 0.0107. The standard InChI is InChI=1S/2C27H25NO4/c2*29-26(30)24-16-28(15-14-19(24)18-8-2-1-3-9-18)27(31)32-17-25-22-12-6-4-10-20(22)21-11-5-7-13-23(21)25/h2*1-13,19,24-25H,14-17H2,(H,29,30)/t2*19-,24+/m10/s1. The van der Waals surface area contributed by atoms with Crippen molar-refractivity contribution in [3.63, 3.8) is 0 Å². The number of rotatable bonds is 8. The van der Waals surface area contributed by atoms with Gasteiger partial charge in [-0.3, -0.25) is 9.59 Å². The van der Waals surface area contributed by atoms with E-state index in [0.29, 0.717) is 25.9 Å². The zero-order chi connectivity index (χ0) is 44.2. The summed E-state index contributed by atoms with van der Waals surface area (Å²) in [4.78, 5) is 52.8. The largest absolute Gasteiger partial charge is 0.481 e. The van der Waals surface area contributed by atoms with E-state index in [1.54, 1.807) is 9.80 Å². The van der Waals surface area contributed by atoms with Gasteiger partial charge in [-0.1, -0.05) is 158 Å². The maximum Gasteiger partial charge on any atom is 0.409 e. The fourth-order valence-corrected chi connectivity index (χ4v) is 10.3. The summed E-state index contributed by atoms with van der Waals surface area (Å²) in [5.41, 5.74) is 11.4. The molecule has 0 radical (unpaired) electrons. The summed E-state index contributed by atoms with van der Waals surface area (Å²) in [6, 6.07) is 52.2. The molecule has 6 aromatic rings. The minimum Gasteiger partial charge on any atom is -0.481 e. The lowest BCUT2D eigenvalue weighted by Crippen LogP contribution is -2.46. The molecule has 2 aliphatic heterocycles. The van der Waals surface area contributed by atoms with Crippen LogP contribution in [0.15, 0.2) is 158 Å². The highest BCUT2D eigenvalue weighted by Crippen LogP contribution is 2.46. The number of amides is 2. The molecule has 2 heterocycles. The highest BCUT2D eigenvalue weighted by Gasteiger charge is 2.40. The van der Waals surface area contributed by atoms with Gasteiger partial charge >= 0.3 is 24.1 Å². The Morgan fingerprint density at radius 2 is 0.734 bits per heavy atom. The highest BCUT2D eigenvalue weighted by atomic mass is 16.6. The van der Waals surface area contributed by atoms with Crippen molar-refractivity contribution in [3.8, 4) is 22.3 Å². The molecule has 2 aliphatic carbocycles. The number of fused-ring (bicyclic) bond motifs is 6. The predicted octanol–water partition coefficient (Wildman–Crippen LogP) is 10.3. The summed E-state index contributed by atoms with van der Waals surface area (Å²) >= 11 is 0. The van der Waals surface area contributed by atoms with E-state index in [4.69, 9.17) is 9.47 Å². The summed E-state index contributed by atoms with van der Waals surface area (Å²) in [6.45, 7) is 1.77. The van der Waals surface area contributed by atoms with E-state index in [0.717, 1.165) is 33.4 Å². The second-order valence-corrected chi connectivity index (χ2v) is 17.0. The van der Waals surface area contributed by atoms with Crippen LogP contribution in [0.25, 0.3) is 22.3 Å². The Bertz CT molecular complexity index is 2380. The molecule has 4 aliphatic rings. The number of ether oxygens (including phenoxy) is 2. The van der Waals surface area contributed by atoms with Crippen LogP contribution in [0.3, 0.4) is 0 Å². The van der Waals surface area contributed by atoms with Gasteiger partial charge in [0.1, 0.15) is 13.2 Å². The molecular formula is C54H50N2O8. The molecule has 10 heteroatoms. The summed E-state index contributed by atoms with van der Waals surface area (Å²) < 4.78 is 11.5. The van der Waals surface area contributed by atoms with Crippen molar-refractivity contribution in [1.82, 2.24) is 9.80 Å². The van der Waals surface area contributed by atoms with Gasteiger partial charge in [0, 0.05) is 49.9 Å². The Kier molecular flexibility index (Phi) is 12.3. The van der Waals surface area contributed by atoms with Crippen LogP contribution in [0.5, 0.6) is 0 Å². The first kappa shape index (κ1) is 42.1. The molecule has 2 N–H and O–H groups in total. The molecule has 0 bridgehead atoms. The molecule has 2 fully saturated rings. The maximum atomic E-state index is 12.9. The van der Waals surface area contributed by atoms with Crippen molar-refractivity contribution in [2.45, 2.75) is 36.5 Å². The lowest BCUT2D eigenvalue weighted by molar-refractivity contribution is -0.145. The Balaban J connectivity index is 0.000000162. The number of piperidine rings is 2. The molecule has 10 rings (SSSR count). The minimum atomic E-state index is -0.880. The number of hydrogen-bond acceptors (Lipinski definition) is 6. The monoisotopic (exact) mass is 854 g/mol. The van der Waals surface area contributed by atoms with Crippen LogP contribution in [-0.2, 0) is 19.1 Å². The summed E-state index contributed by atoms with van der Waals surface area (Å²) in [6.07, 6.45) is 0.324. The zero-order valence-corrected chi connectivity index (χ0v) is 35.4. The lowest BCUT2D eigenvalue weighted by atomic mass is 9.80. The summed E-state index contributed by atoms with van der Waals surface area (Å²) in [5, 5.41) is 19.6. The number of nitrogens with zero attached hydrogens (tertiary/aromatic N) is 2. The third kappa shape index (κ3) is 8.48. The first-order valence-electron chi connectivity index (χ1n) is 22.0. The van der Waals surface area contributed by atoms with E-state index in [1.165, 1.54) is 22.3 Å². The predicted molar refractivity (Wildman–Crippen MR) is 243 cm³/mol. The first-order chi connectivity index (χ1) is 31.3. The van der Waals surface area contributed by atoms with Gasteiger partial charge in [0.2, 0.25) is 0 Å². The molecule has 4 atom stereocenters. The number of aliphatic carboxylic acids is 2. The van der Waals surface area contributed by atoms with Crippen molar-refractivity contribution in [2.75, 3.05) is 39.4 Å². The number of likely N-dealkylation sites (tertiary alicyclic amines) is 2. The maximum absolute atomic E-state index is 12.9. The molecule has 0 saturated carbocycles. The van der Waals surface area contributed by atoms with E-state index in [-0.39, 0.29) is 50.0 Å². The third-order valence-corrected chi connectivity index (χ3v) is 13.5. The fraction of sp³-hybridized carbons (Fsp3) is 0.259. The van der Waals surface area contributed by atoms with Crippen LogP contribution in [0.1, 0.15) is 69.9 Å². The van der Waals surface area contributed by atoms with Crippen molar-refractivity contribution in [1.29, 1.82) is 0 Å². The lowest BCUT2D eigenvalue weighted by Gasteiger charge is -2.36. The second-order valence-electron chi connectivity index (χ2n) is 17.0. The third-order valence-electron chi connectivity index (χ3n) is 13.5. The van der Waals surface area contributed by atoms with E-state index in [9.17, 15) is 29.4 Å². The van der Waals surface area contributed by atoms with E-state index in [1.807, 2.05) is 109 Å². The number of carboxylic acids is 2. The van der Waals surface area contributed by atoms with Crippen LogP contribution < -0.4 is 0 Å². The molecule has 10 nitrogen and oxygen atoms in total. The number of hydrogen-bond donors (Lipinski definition) is 2. The number of carboxylic acid groups (broad SMARTS) is 2. The van der Waals surface area contributed by atoms with Crippen molar-refractivity contribution < 1.29 is 38.9 Å². The highest BCUT2D eigenvalue weighted by molar-refractivity contribution is 5.81. The topological polar surface area (TPSA) is 134 Å². The van der Waals surface area contributed by atoms with Gasteiger partial charge in [-0.05, 0) is 68.5 Å². The zero-order valence-electron chi connectivity index (χ0n) is 35.4. The van der Waals surface area contributed by atoms with Crippen molar-refractivity contribution in [2.24, 2.45) is 11.8 Å². The molecule has 0 unspecified atom stereocenters. The van der Waals surface area contributed by atoms with Crippen LogP contribution in [-0.4, -0.2) is 83.5 Å². The van der Waals surface area contributed by atoms with Crippen LogP contribution >= 0.6 is 0 Å². The summed E-state index contributed by atoms with van der Waals surface area (Å²) in [5.74, 6) is -3.28. The Labute approximate surface area is 372 Å². The van der Waals surface area contributed by atoms with E-state index in [2.05, 4.69) is 48.5 Å². The van der Waals surface area contributed by atoms with Gasteiger partial charge < -0.3 is 29.5 Å². The smallest absolute Gasteiger partial charge is 0.409 e. The SMILES string of the molecule is O=C(O)[C@@H]1CN(C(=O)OCC2c3ccccc3-c3ccccc32)CC[C@H]1c1ccccc1.O=C(O)[C@H]1CN(C(=O)OCC2c3ccccc3-c3ccccc32)CC[C@@H]1c1ccccc1. The molecular weight excluding hydrogens is 805 g/mol. The molecule has 2 amide bonds. The molecule has 324 valence electrons. The Morgan fingerprint density at radius 1 is 0.438 bits per heavy atom. The van der Waals surface area contributed by atoms with Crippen LogP contribution in [0.2, 0.25) is 0 Å². The van der Waals surface area contributed by atoms with Gasteiger partial charge in [0.05, 0.1) is 11.8 Å². The van der Waals surface area contributed by atoms with Gasteiger partial charge in [0.15, 0.2) is 0 Å². The Hall–Kier alpha value is -7.20. The normalized spacial score (nSPS) is 19.8. The Morgan fingerprint density at radius 3 is 1.05 bits per heavy atom. The van der Waals surface area contributed by atoms with Gasteiger partial charge in [-0.15, -0.1) is 0 Å². The summed E-state index contributed by atoms with van der Waals surface area (Å²) in [7, 11) is 0. The molecule has 0 aromatic heterocycles. The number of benzene rings is 6. The fourth-order valence-electron chi connectivity index (χ4n) is 10.3. The van der Waals surface area contributed by atoms with Gasteiger partial charge in [-0.25, -0.2) is 9.59 Å². The average Bonchev–Trinajstić information content (AvgIpc) is 3.84. The molecule has 2 saturated heterocycles. The number of carbonyl (C=O) groups excluding carboxylic acids is 2. The number of carbonyl (C=O) groups is 4. The molecule has 6 aromatic carbocycles. The molecule has 64 heavy (non-hydrogen) atoms. The molecule has 0 spiro atoms.